The van der Waals surface area contributed by atoms with Gasteiger partial charge < -0.3 is 9.64 Å². The second-order valence-electron chi connectivity index (χ2n) is 6.66. The molecule has 1 heterocycles. The topological polar surface area (TPSA) is 46.6 Å². The van der Waals surface area contributed by atoms with E-state index in [1.807, 2.05) is 4.90 Å². The fourth-order valence-electron chi connectivity index (χ4n) is 3.16. The summed E-state index contributed by atoms with van der Waals surface area (Å²) in [5.41, 5.74) is 1.20. The molecule has 26 heavy (non-hydrogen) atoms. The summed E-state index contributed by atoms with van der Waals surface area (Å²) < 4.78 is 18.7. The lowest BCUT2D eigenvalue weighted by molar-refractivity contribution is 0.0633. The van der Waals surface area contributed by atoms with Crippen LogP contribution in [0, 0.1) is 11.7 Å². The minimum Gasteiger partial charge on any atom is -0.493 e. The molecule has 0 aromatic heterocycles. The molecule has 0 N–H and O–H groups in total. The molecule has 0 radical (unpaired) electrons. The smallest absolute Gasteiger partial charge is 0.253 e. The minimum atomic E-state index is -0.289. The monoisotopic (exact) mass is 355 g/mol. The number of carbonyl (C=O) groups excluding carboxylic acids is 2. The van der Waals surface area contributed by atoms with Gasteiger partial charge in [0.05, 0.1) is 6.61 Å². The van der Waals surface area contributed by atoms with Crippen molar-refractivity contribution in [3.8, 4) is 5.75 Å². The van der Waals surface area contributed by atoms with Crippen LogP contribution in [0.15, 0.2) is 48.5 Å². The van der Waals surface area contributed by atoms with Crippen molar-refractivity contribution in [3.63, 3.8) is 0 Å². The van der Waals surface area contributed by atoms with Crippen molar-refractivity contribution in [1.29, 1.82) is 0 Å². The van der Waals surface area contributed by atoms with E-state index < -0.39 is 0 Å². The predicted molar refractivity (Wildman–Crippen MR) is 97.0 cm³/mol. The number of rotatable bonds is 5. The van der Waals surface area contributed by atoms with Crippen LogP contribution >= 0.6 is 0 Å². The van der Waals surface area contributed by atoms with Crippen LogP contribution in [0.25, 0.3) is 0 Å². The highest BCUT2D eigenvalue weighted by Crippen LogP contribution is 2.21. The maximum absolute atomic E-state index is 12.9. The van der Waals surface area contributed by atoms with Gasteiger partial charge in [-0.25, -0.2) is 4.39 Å². The zero-order valence-electron chi connectivity index (χ0n) is 14.8. The van der Waals surface area contributed by atoms with Gasteiger partial charge in [-0.15, -0.1) is 0 Å². The molecule has 0 saturated carbocycles. The van der Waals surface area contributed by atoms with Crippen molar-refractivity contribution in [2.75, 3.05) is 19.7 Å². The summed E-state index contributed by atoms with van der Waals surface area (Å²) in [5.74, 6) is 0.554. The molecule has 0 unspecified atom stereocenters. The van der Waals surface area contributed by atoms with Crippen molar-refractivity contribution in [2.45, 2.75) is 19.8 Å². The third-order valence-electron chi connectivity index (χ3n) is 4.64. The van der Waals surface area contributed by atoms with Crippen molar-refractivity contribution in [1.82, 2.24) is 4.90 Å². The van der Waals surface area contributed by atoms with Crippen LogP contribution < -0.4 is 4.74 Å². The fraction of sp³-hybridized carbons (Fsp3) is 0.333. The molecule has 0 bridgehead atoms. The van der Waals surface area contributed by atoms with E-state index in [-0.39, 0.29) is 23.4 Å². The Morgan fingerprint density at radius 2 is 1.73 bits per heavy atom. The average molecular weight is 355 g/mol. The van der Waals surface area contributed by atoms with Crippen LogP contribution in [-0.2, 0) is 0 Å². The molecular weight excluding hydrogens is 333 g/mol. The number of piperidine rings is 1. The number of halogens is 1. The van der Waals surface area contributed by atoms with E-state index in [1.165, 1.54) is 19.1 Å². The van der Waals surface area contributed by atoms with Crippen LogP contribution in [0.2, 0.25) is 0 Å². The molecule has 1 fully saturated rings. The summed E-state index contributed by atoms with van der Waals surface area (Å²) in [7, 11) is 0. The zero-order valence-corrected chi connectivity index (χ0v) is 14.8. The van der Waals surface area contributed by atoms with E-state index in [2.05, 4.69) is 0 Å². The first-order valence-corrected chi connectivity index (χ1v) is 8.81. The Labute approximate surface area is 152 Å². The van der Waals surface area contributed by atoms with E-state index in [1.54, 1.807) is 36.4 Å². The molecule has 2 aromatic carbocycles. The Kier molecular flexibility index (Phi) is 5.66. The molecule has 1 saturated heterocycles. The lowest BCUT2D eigenvalue weighted by atomic mass is 9.98. The van der Waals surface area contributed by atoms with E-state index in [0.29, 0.717) is 30.0 Å². The molecule has 0 spiro atoms. The van der Waals surface area contributed by atoms with Crippen molar-refractivity contribution < 1.29 is 18.7 Å². The van der Waals surface area contributed by atoms with Crippen molar-refractivity contribution in [2.24, 2.45) is 5.92 Å². The van der Waals surface area contributed by atoms with Gasteiger partial charge >= 0.3 is 0 Å². The Morgan fingerprint density at radius 1 is 1.08 bits per heavy atom. The molecule has 3 rings (SSSR count). The predicted octanol–water partition coefficient (Wildman–Crippen LogP) is 3.96. The van der Waals surface area contributed by atoms with Crippen LogP contribution in [0.3, 0.4) is 0 Å². The SMILES string of the molecule is CC(=O)c1ccc(C(=O)N2CCC[C@@H](COc3ccc(F)cc3)C2)cc1. The average Bonchev–Trinajstić information content (AvgIpc) is 2.67. The number of ether oxygens (including phenoxy) is 1. The first-order valence-electron chi connectivity index (χ1n) is 8.81. The molecule has 1 amide bonds. The zero-order chi connectivity index (χ0) is 18.5. The van der Waals surface area contributed by atoms with E-state index in [9.17, 15) is 14.0 Å². The van der Waals surface area contributed by atoms with Gasteiger partial charge in [-0.05, 0) is 56.2 Å². The molecule has 5 heteroatoms. The maximum atomic E-state index is 12.9. The summed E-state index contributed by atoms with van der Waals surface area (Å²) in [4.78, 5) is 25.9. The number of likely N-dealkylation sites (tertiary alicyclic amines) is 1. The normalized spacial score (nSPS) is 17.0. The van der Waals surface area contributed by atoms with E-state index in [0.717, 1.165) is 19.4 Å². The summed E-state index contributed by atoms with van der Waals surface area (Å²) in [5, 5.41) is 0. The van der Waals surface area contributed by atoms with Crippen molar-refractivity contribution in [3.05, 3.63) is 65.5 Å². The van der Waals surface area contributed by atoms with E-state index in [4.69, 9.17) is 4.74 Å². The number of ketones is 1. The Bertz CT molecular complexity index is 771. The largest absolute Gasteiger partial charge is 0.493 e. The Balaban J connectivity index is 1.57. The van der Waals surface area contributed by atoms with Gasteiger partial charge in [0.1, 0.15) is 11.6 Å². The number of carbonyl (C=O) groups is 2. The highest BCUT2D eigenvalue weighted by molar-refractivity contribution is 5.97. The molecule has 136 valence electrons. The minimum absolute atomic E-state index is 0.0139. The number of benzene rings is 2. The number of amides is 1. The molecule has 1 aliphatic heterocycles. The second-order valence-corrected chi connectivity index (χ2v) is 6.66. The van der Waals surface area contributed by atoms with Crippen molar-refractivity contribution >= 4 is 11.7 Å². The number of nitrogens with zero attached hydrogens (tertiary/aromatic N) is 1. The van der Waals surface area contributed by atoms with Gasteiger partial charge in [0, 0.05) is 30.1 Å². The highest BCUT2D eigenvalue weighted by atomic mass is 19.1. The summed E-state index contributed by atoms with van der Waals surface area (Å²) in [6, 6.07) is 12.8. The van der Waals surface area contributed by atoms with Gasteiger partial charge in [0.25, 0.3) is 5.91 Å². The van der Waals surface area contributed by atoms with Crippen LogP contribution in [0.5, 0.6) is 5.75 Å². The Morgan fingerprint density at radius 3 is 2.38 bits per heavy atom. The molecule has 1 aliphatic rings. The number of hydrogen-bond acceptors (Lipinski definition) is 3. The fourth-order valence-corrected chi connectivity index (χ4v) is 3.16. The summed E-state index contributed by atoms with van der Waals surface area (Å²) >= 11 is 0. The van der Waals surface area contributed by atoms with Crippen LogP contribution in [0.4, 0.5) is 4.39 Å². The standard InChI is InChI=1S/C21H22FNO3/c1-15(24)17-4-6-18(7-5-17)21(25)23-12-2-3-16(13-23)14-26-20-10-8-19(22)9-11-20/h4-11,16H,2-3,12-14H2,1H3/t16-/m1/s1. The Hall–Kier alpha value is -2.69. The quantitative estimate of drug-likeness (QED) is 0.763. The highest BCUT2D eigenvalue weighted by Gasteiger charge is 2.25. The first kappa shape index (κ1) is 18.1. The lowest BCUT2D eigenvalue weighted by Gasteiger charge is -2.32. The maximum Gasteiger partial charge on any atom is 0.253 e. The lowest BCUT2D eigenvalue weighted by Crippen LogP contribution is -2.41. The van der Waals surface area contributed by atoms with Gasteiger partial charge in [-0.1, -0.05) is 12.1 Å². The van der Waals surface area contributed by atoms with Gasteiger partial charge in [0.2, 0.25) is 0 Å². The van der Waals surface area contributed by atoms with Gasteiger partial charge in [0.15, 0.2) is 5.78 Å². The first-order chi connectivity index (χ1) is 12.5. The molecule has 4 nitrogen and oxygen atoms in total. The van der Waals surface area contributed by atoms with Gasteiger partial charge in [-0.2, -0.15) is 0 Å². The molecule has 2 aromatic rings. The molecule has 1 atom stereocenters. The van der Waals surface area contributed by atoms with Crippen LogP contribution in [-0.4, -0.2) is 36.3 Å². The summed E-state index contributed by atoms with van der Waals surface area (Å²) in [6.45, 7) is 3.36. The third-order valence-corrected chi connectivity index (χ3v) is 4.64. The molecular formula is C21H22FNO3. The third kappa shape index (κ3) is 4.48. The van der Waals surface area contributed by atoms with Gasteiger partial charge in [-0.3, -0.25) is 9.59 Å². The number of hydrogen-bond donors (Lipinski definition) is 0. The molecule has 0 aliphatic carbocycles. The van der Waals surface area contributed by atoms with E-state index >= 15 is 0 Å². The number of Topliss-reactive ketones (excluding diaryl/α,β-unsaturated/α-hetero) is 1. The second kappa shape index (κ2) is 8.13. The van der Waals surface area contributed by atoms with Crippen LogP contribution in [0.1, 0.15) is 40.5 Å². The summed E-state index contributed by atoms with van der Waals surface area (Å²) in [6.07, 6.45) is 1.92.